The predicted octanol–water partition coefficient (Wildman–Crippen LogP) is 1.35. The van der Waals surface area contributed by atoms with Crippen LogP contribution in [0.1, 0.15) is 29.4 Å². The Hall–Kier alpha value is -1.62. The second kappa shape index (κ2) is 3.18. The summed E-state index contributed by atoms with van der Waals surface area (Å²) in [6, 6.07) is 3.47. The summed E-state index contributed by atoms with van der Waals surface area (Å²) in [7, 11) is 0. The third-order valence-electron chi connectivity index (χ3n) is 3.66. The largest absolute Gasteiger partial charge is 0.393 e. The van der Waals surface area contributed by atoms with Crippen LogP contribution in [-0.2, 0) is 0 Å². The molecule has 2 aliphatic rings. The summed E-state index contributed by atoms with van der Waals surface area (Å²) >= 11 is 0. The summed E-state index contributed by atoms with van der Waals surface area (Å²) < 4.78 is 0. The lowest BCUT2D eigenvalue weighted by Crippen LogP contribution is -2.28. The summed E-state index contributed by atoms with van der Waals surface area (Å²) in [5.41, 5.74) is 8.38. The molecule has 2 atom stereocenters. The summed E-state index contributed by atoms with van der Waals surface area (Å²) in [6.07, 6.45) is 1.10. The number of nitrogens with zero attached hydrogens (tertiary/aromatic N) is 1. The lowest BCUT2D eigenvalue weighted by Gasteiger charge is -2.19. The highest BCUT2D eigenvalue weighted by atomic mass is 16.6. The van der Waals surface area contributed by atoms with E-state index < -0.39 is 4.92 Å². The third kappa shape index (κ3) is 1.21. The van der Waals surface area contributed by atoms with Gasteiger partial charge < -0.3 is 11.1 Å². The van der Waals surface area contributed by atoms with Crippen molar-refractivity contribution >= 4 is 11.4 Å². The van der Waals surface area contributed by atoms with E-state index in [9.17, 15) is 10.1 Å². The fourth-order valence-electron chi connectivity index (χ4n) is 2.92. The first kappa shape index (κ1) is 9.59. The highest BCUT2D eigenvalue weighted by Gasteiger charge is 2.36. The Morgan fingerprint density at radius 3 is 2.56 bits per heavy atom. The number of nitrogens with one attached hydrogen (secondary N) is 1. The van der Waals surface area contributed by atoms with Gasteiger partial charge in [0.1, 0.15) is 5.69 Å². The van der Waals surface area contributed by atoms with Crippen LogP contribution >= 0.6 is 0 Å². The highest BCUT2D eigenvalue weighted by molar-refractivity contribution is 5.64. The van der Waals surface area contributed by atoms with Gasteiger partial charge in [0.2, 0.25) is 0 Å². The number of anilines is 1. The summed E-state index contributed by atoms with van der Waals surface area (Å²) in [6.45, 7) is 1.88. The molecule has 16 heavy (non-hydrogen) atoms. The van der Waals surface area contributed by atoms with E-state index in [0.29, 0.717) is 11.8 Å². The van der Waals surface area contributed by atoms with Crippen molar-refractivity contribution in [1.29, 1.82) is 0 Å². The van der Waals surface area contributed by atoms with Crippen molar-refractivity contribution in [2.45, 2.75) is 18.3 Å². The van der Waals surface area contributed by atoms with Crippen LogP contribution in [0.25, 0.3) is 0 Å². The molecule has 5 heteroatoms. The van der Waals surface area contributed by atoms with Crippen molar-refractivity contribution in [2.24, 2.45) is 0 Å². The predicted molar refractivity (Wildman–Crippen MR) is 60.5 cm³/mol. The molecule has 84 valence electrons. The lowest BCUT2D eigenvalue weighted by atomic mass is 9.98. The molecule has 0 saturated carbocycles. The molecule has 1 heterocycles. The average Bonchev–Trinajstić information content (AvgIpc) is 2.50. The van der Waals surface area contributed by atoms with Gasteiger partial charge in [0, 0.05) is 19.2 Å². The second-order valence-corrected chi connectivity index (χ2v) is 4.58. The molecule has 0 amide bonds. The quantitative estimate of drug-likeness (QED) is 0.424. The Morgan fingerprint density at radius 2 is 1.94 bits per heavy atom. The van der Waals surface area contributed by atoms with Crippen molar-refractivity contribution in [3.05, 3.63) is 33.4 Å². The summed E-state index contributed by atoms with van der Waals surface area (Å²) in [4.78, 5) is 10.4. The number of piperidine rings is 1. The molecule has 5 nitrogen and oxygen atoms in total. The second-order valence-electron chi connectivity index (χ2n) is 4.58. The van der Waals surface area contributed by atoms with Crippen molar-refractivity contribution in [1.82, 2.24) is 5.32 Å². The van der Waals surface area contributed by atoms with Gasteiger partial charge in [-0.1, -0.05) is 0 Å². The normalized spacial score (nSPS) is 26.5. The average molecular weight is 219 g/mol. The molecule has 1 aliphatic heterocycles. The number of fused-ring (bicyclic) bond motifs is 5. The SMILES string of the molecule is Nc1cc2c(cc1[N+](=O)[O-])[C@@H]1CNC[C@H]2C1. The van der Waals surface area contributed by atoms with Crippen molar-refractivity contribution in [3.63, 3.8) is 0 Å². The van der Waals surface area contributed by atoms with Gasteiger partial charge in [-0.2, -0.15) is 0 Å². The van der Waals surface area contributed by atoms with Gasteiger partial charge in [0.05, 0.1) is 4.92 Å². The minimum atomic E-state index is -0.397. The Balaban J connectivity index is 2.16. The number of nitro groups is 1. The number of nitro benzene ring substituents is 1. The van der Waals surface area contributed by atoms with E-state index in [-0.39, 0.29) is 11.4 Å². The molecular formula is C11H13N3O2. The number of nitrogen functional groups attached to an aromatic ring is 1. The van der Waals surface area contributed by atoms with Gasteiger partial charge in [0.15, 0.2) is 0 Å². The summed E-state index contributed by atoms with van der Waals surface area (Å²) in [5.74, 6) is 0.907. The van der Waals surface area contributed by atoms with E-state index >= 15 is 0 Å². The number of nitrogens with two attached hydrogens (primary N) is 1. The molecule has 1 saturated heterocycles. The first-order valence-electron chi connectivity index (χ1n) is 5.45. The maximum Gasteiger partial charge on any atom is 0.292 e. The molecule has 0 unspecified atom stereocenters. The molecule has 3 N–H and O–H groups in total. The molecule has 1 aliphatic carbocycles. The van der Waals surface area contributed by atoms with Crippen LogP contribution < -0.4 is 11.1 Å². The van der Waals surface area contributed by atoms with Crippen LogP contribution in [0.2, 0.25) is 0 Å². The smallest absolute Gasteiger partial charge is 0.292 e. The Morgan fingerprint density at radius 1 is 1.31 bits per heavy atom. The first-order valence-corrected chi connectivity index (χ1v) is 5.45. The molecule has 3 rings (SSSR count). The monoisotopic (exact) mass is 219 g/mol. The molecule has 1 fully saturated rings. The van der Waals surface area contributed by atoms with E-state index in [2.05, 4.69) is 5.32 Å². The Bertz CT molecular complexity index is 473. The zero-order chi connectivity index (χ0) is 11.3. The van der Waals surface area contributed by atoms with Crippen molar-refractivity contribution in [3.8, 4) is 0 Å². The molecular weight excluding hydrogens is 206 g/mol. The van der Waals surface area contributed by atoms with E-state index in [1.165, 1.54) is 5.56 Å². The zero-order valence-electron chi connectivity index (χ0n) is 8.77. The summed E-state index contributed by atoms with van der Waals surface area (Å²) in [5, 5.41) is 14.2. The van der Waals surface area contributed by atoms with Gasteiger partial charge in [-0.05, 0) is 35.4 Å². The highest BCUT2D eigenvalue weighted by Crippen LogP contribution is 2.46. The van der Waals surface area contributed by atoms with E-state index in [4.69, 9.17) is 5.73 Å². The van der Waals surface area contributed by atoms with E-state index in [1.54, 1.807) is 12.1 Å². The fourth-order valence-corrected chi connectivity index (χ4v) is 2.92. The van der Waals surface area contributed by atoms with E-state index in [0.717, 1.165) is 25.1 Å². The first-order chi connectivity index (χ1) is 7.66. The van der Waals surface area contributed by atoms with Crippen LogP contribution in [-0.4, -0.2) is 18.0 Å². The molecule has 2 bridgehead atoms. The van der Waals surface area contributed by atoms with Crippen LogP contribution in [0, 0.1) is 10.1 Å². The van der Waals surface area contributed by atoms with Gasteiger partial charge in [-0.15, -0.1) is 0 Å². The maximum atomic E-state index is 10.8. The van der Waals surface area contributed by atoms with Crippen LogP contribution in [0.15, 0.2) is 12.1 Å². The third-order valence-corrected chi connectivity index (χ3v) is 3.66. The van der Waals surface area contributed by atoms with Gasteiger partial charge >= 0.3 is 0 Å². The number of benzene rings is 1. The molecule has 1 aromatic carbocycles. The molecule has 0 aromatic heterocycles. The minimum absolute atomic E-state index is 0.0475. The van der Waals surface area contributed by atoms with Crippen LogP contribution in [0.4, 0.5) is 11.4 Å². The van der Waals surface area contributed by atoms with Gasteiger partial charge in [0.25, 0.3) is 5.69 Å². The fraction of sp³-hybridized carbons (Fsp3) is 0.455. The zero-order valence-corrected chi connectivity index (χ0v) is 8.77. The minimum Gasteiger partial charge on any atom is -0.393 e. The number of hydrogen-bond acceptors (Lipinski definition) is 4. The Labute approximate surface area is 92.8 Å². The van der Waals surface area contributed by atoms with Crippen molar-refractivity contribution < 1.29 is 4.92 Å². The Kier molecular flexibility index (Phi) is 1.91. The molecule has 0 radical (unpaired) electrons. The standard InChI is InChI=1S/C11H13N3O2/c12-10-2-8-6-1-7(5-13-4-6)9(8)3-11(10)14(15)16/h2-3,6-7,13H,1,4-5,12H2/t6-,7+/m1/s1. The van der Waals surface area contributed by atoms with Gasteiger partial charge in [-0.3, -0.25) is 10.1 Å². The van der Waals surface area contributed by atoms with Crippen LogP contribution in [0.5, 0.6) is 0 Å². The van der Waals surface area contributed by atoms with E-state index in [1.807, 2.05) is 0 Å². The molecule has 0 spiro atoms. The van der Waals surface area contributed by atoms with Gasteiger partial charge in [-0.25, -0.2) is 0 Å². The number of hydrogen-bond donors (Lipinski definition) is 2. The lowest BCUT2D eigenvalue weighted by molar-refractivity contribution is -0.384. The maximum absolute atomic E-state index is 10.8. The molecule has 1 aromatic rings. The van der Waals surface area contributed by atoms with Crippen molar-refractivity contribution in [2.75, 3.05) is 18.8 Å². The number of rotatable bonds is 1. The topological polar surface area (TPSA) is 81.2 Å². The van der Waals surface area contributed by atoms with Crippen LogP contribution in [0.3, 0.4) is 0 Å².